The summed E-state index contributed by atoms with van der Waals surface area (Å²) >= 11 is 1.61. The number of benzene rings is 2. The van der Waals surface area contributed by atoms with Gasteiger partial charge in [0.15, 0.2) is 5.76 Å². The number of hydrogen-bond donors (Lipinski definition) is 1. The van der Waals surface area contributed by atoms with Crippen LogP contribution < -0.4 is 5.32 Å². The van der Waals surface area contributed by atoms with Crippen LogP contribution in [0.1, 0.15) is 11.3 Å². The van der Waals surface area contributed by atoms with Crippen LogP contribution >= 0.6 is 11.3 Å². The molecule has 0 radical (unpaired) electrons. The fourth-order valence-electron chi connectivity index (χ4n) is 3.39. The van der Waals surface area contributed by atoms with Crippen LogP contribution in [0.2, 0.25) is 0 Å². The minimum atomic E-state index is 0.696. The smallest absolute Gasteiger partial charge is 0.190 e. The van der Waals surface area contributed by atoms with Crippen LogP contribution in [-0.4, -0.2) is 15.1 Å². The van der Waals surface area contributed by atoms with Crippen LogP contribution in [0, 0.1) is 13.8 Å². The highest BCUT2D eigenvalue weighted by molar-refractivity contribution is 7.17. The Balaban J connectivity index is 1.53. The molecule has 0 saturated carbocycles. The predicted octanol–water partition coefficient (Wildman–Crippen LogP) is 6.37. The molecule has 5 aromatic rings. The highest BCUT2D eigenvalue weighted by Crippen LogP contribution is 2.36. The Morgan fingerprint density at radius 1 is 0.862 bits per heavy atom. The van der Waals surface area contributed by atoms with Crippen molar-refractivity contribution in [2.75, 3.05) is 5.32 Å². The summed E-state index contributed by atoms with van der Waals surface area (Å²) in [4.78, 5) is 9.78. The number of aryl methyl sites for hydroxylation is 2. The van der Waals surface area contributed by atoms with Gasteiger partial charge in [0.1, 0.15) is 28.4 Å². The molecule has 6 heteroatoms. The molecule has 0 aliphatic carbocycles. The zero-order valence-electron chi connectivity index (χ0n) is 16.0. The van der Waals surface area contributed by atoms with Gasteiger partial charge in [-0.1, -0.05) is 59.8 Å². The van der Waals surface area contributed by atoms with Gasteiger partial charge in [-0.15, -0.1) is 11.3 Å². The molecule has 142 valence electrons. The first-order chi connectivity index (χ1) is 14.2. The fourth-order valence-corrected chi connectivity index (χ4v) is 4.28. The summed E-state index contributed by atoms with van der Waals surface area (Å²) in [5.74, 6) is 1.46. The van der Waals surface area contributed by atoms with E-state index in [9.17, 15) is 0 Å². The Morgan fingerprint density at radius 2 is 1.59 bits per heavy atom. The largest absolute Gasteiger partial charge is 0.354 e. The molecule has 5 rings (SSSR count). The third-order valence-electron chi connectivity index (χ3n) is 4.91. The van der Waals surface area contributed by atoms with Gasteiger partial charge in [-0.25, -0.2) is 9.97 Å². The van der Waals surface area contributed by atoms with E-state index in [4.69, 9.17) is 4.52 Å². The summed E-state index contributed by atoms with van der Waals surface area (Å²) in [6.07, 6.45) is 1.58. The van der Waals surface area contributed by atoms with E-state index in [2.05, 4.69) is 69.1 Å². The molecule has 0 spiro atoms. The molecule has 0 atom stereocenters. The number of nitrogens with zero attached hydrogens (tertiary/aromatic N) is 3. The lowest BCUT2D eigenvalue weighted by molar-refractivity contribution is 0.427. The maximum Gasteiger partial charge on any atom is 0.190 e. The van der Waals surface area contributed by atoms with Gasteiger partial charge in [-0.3, -0.25) is 0 Å². The van der Waals surface area contributed by atoms with E-state index in [1.165, 1.54) is 5.56 Å². The molecule has 0 saturated heterocycles. The summed E-state index contributed by atoms with van der Waals surface area (Å²) in [6.45, 7) is 3.99. The Hall–Kier alpha value is -3.51. The summed E-state index contributed by atoms with van der Waals surface area (Å²) in [5.41, 5.74) is 6.06. The van der Waals surface area contributed by atoms with Crippen molar-refractivity contribution in [2.45, 2.75) is 13.8 Å². The molecule has 3 heterocycles. The van der Waals surface area contributed by atoms with Gasteiger partial charge in [0.25, 0.3) is 0 Å². The predicted molar refractivity (Wildman–Crippen MR) is 118 cm³/mol. The summed E-state index contributed by atoms with van der Waals surface area (Å²) < 4.78 is 5.67. The van der Waals surface area contributed by atoms with Gasteiger partial charge in [0, 0.05) is 5.56 Å². The van der Waals surface area contributed by atoms with E-state index in [-0.39, 0.29) is 0 Å². The Labute approximate surface area is 172 Å². The number of hydrogen-bond acceptors (Lipinski definition) is 6. The minimum Gasteiger partial charge on any atom is -0.354 e. The van der Waals surface area contributed by atoms with Gasteiger partial charge in [0.05, 0.1) is 5.39 Å². The quantitative estimate of drug-likeness (QED) is 0.381. The molecule has 5 nitrogen and oxygen atoms in total. The first-order valence-electron chi connectivity index (χ1n) is 9.28. The van der Waals surface area contributed by atoms with Crippen molar-refractivity contribution >= 4 is 33.1 Å². The minimum absolute atomic E-state index is 0.696. The van der Waals surface area contributed by atoms with Crippen molar-refractivity contribution in [1.29, 1.82) is 0 Å². The van der Waals surface area contributed by atoms with E-state index >= 15 is 0 Å². The van der Waals surface area contributed by atoms with E-state index in [1.807, 2.05) is 25.1 Å². The number of nitrogens with one attached hydrogen (secondary N) is 1. The van der Waals surface area contributed by atoms with Gasteiger partial charge < -0.3 is 9.84 Å². The van der Waals surface area contributed by atoms with Crippen molar-refractivity contribution < 1.29 is 4.52 Å². The Morgan fingerprint density at radius 3 is 2.38 bits per heavy atom. The molecular weight excluding hydrogens is 380 g/mol. The number of rotatable bonds is 4. The molecule has 0 bridgehead atoms. The fraction of sp³-hybridized carbons (Fsp3) is 0.0870. The van der Waals surface area contributed by atoms with Crippen LogP contribution in [0.3, 0.4) is 0 Å². The van der Waals surface area contributed by atoms with Gasteiger partial charge in [-0.2, -0.15) is 0 Å². The van der Waals surface area contributed by atoms with Crippen LogP contribution in [0.25, 0.3) is 32.7 Å². The normalized spacial score (nSPS) is 11.1. The molecule has 0 aliphatic heterocycles. The average Bonchev–Trinajstić information content (AvgIpc) is 3.32. The molecule has 3 aromatic heterocycles. The molecule has 2 aromatic carbocycles. The van der Waals surface area contributed by atoms with Crippen LogP contribution in [-0.2, 0) is 0 Å². The molecule has 0 unspecified atom stereocenters. The topological polar surface area (TPSA) is 63.8 Å². The van der Waals surface area contributed by atoms with Crippen molar-refractivity contribution in [3.05, 3.63) is 77.6 Å². The van der Waals surface area contributed by atoms with Crippen LogP contribution in [0.4, 0.5) is 11.5 Å². The maximum absolute atomic E-state index is 5.67. The second-order valence-corrected chi connectivity index (χ2v) is 7.72. The molecule has 29 heavy (non-hydrogen) atoms. The van der Waals surface area contributed by atoms with Crippen molar-refractivity contribution in [3.63, 3.8) is 0 Å². The van der Waals surface area contributed by atoms with Crippen molar-refractivity contribution in [1.82, 2.24) is 15.1 Å². The highest BCUT2D eigenvalue weighted by Gasteiger charge is 2.18. The Kier molecular flexibility index (Phi) is 4.33. The standard InChI is InChI=1S/C23H18N4OS/c1-14-12-29-23-19(14)22(24-13-25-23)26-20-15(2)27-28-21(20)18-10-8-17(9-11-18)16-6-4-3-5-7-16/h3-13H,1-2H3,(H,24,25,26). The number of thiophene rings is 1. The third-order valence-corrected chi connectivity index (χ3v) is 5.92. The van der Waals surface area contributed by atoms with Gasteiger partial charge in [0.2, 0.25) is 0 Å². The Bertz CT molecular complexity index is 1290. The van der Waals surface area contributed by atoms with Crippen LogP contribution in [0.5, 0.6) is 0 Å². The number of fused-ring (bicyclic) bond motifs is 1. The number of anilines is 2. The molecule has 0 fully saturated rings. The van der Waals surface area contributed by atoms with E-state index < -0.39 is 0 Å². The second kappa shape index (κ2) is 7.14. The van der Waals surface area contributed by atoms with E-state index in [1.54, 1.807) is 17.7 Å². The highest BCUT2D eigenvalue weighted by atomic mass is 32.1. The zero-order valence-corrected chi connectivity index (χ0v) is 16.8. The second-order valence-electron chi connectivity index (χ2n) is 6.86. The molecule has 0 amide bonds. The maximum atomic E-state index is 5.67. The summed E-state index contributed by atoms with van der Waals surface area (Å²) in [6, 6.07) is 18.6. The van der Waals surface area contributed by atoms with E-state index in [0.717, 1.165) is 44.1 Å². The van der Waals surface area contributed by atoms with Gasteiger partial charge >= 0.3 is 0 Å². The first kappa shape index (κ1) is 17.6. The van der Waals surface area contributed by atoms with Crippen molar-refractivity contribution in [2.24, 2.45) is 0 Å². The molecule has 0 aliphatic rings. The summed E-state index contributed by atoms with van der Waals surface area (Å²) in [7, 11) is 0. The first-order valence-corrected chi connectivity index (χ1v) is 10.2. The third kappa shape index (κ3) is 3.17. The monoisotopic (exact) mass is 398 g/mol. The average molecular weight is 398 g/mol. The zero-order chi connectivity index (χ0) is 19.8. The van der Waals surface area contributed by atoms with Crippen molar-refractivity contribution in [3.8, 4) is 22.5 Å². The van der Waals surface area contributed by atoms with E-state index in [0.29, 0.717) is 5.76 Å². The SMILES string of the molecule is Cc1noc(-c2ccc(-c3ccccc3)cc2)c1Nc1ncnc2scc(C)c12. The number of aromatic nitrogens is 3. The van der Waals surface area contributed by atoms with Gasteiger partial charge in [-0.05, 0) is 35.9 Å². The summed E-state index contributed by atoms with van der Waals surface area (Å²) in [5, 5.41) is 10.7. The lowest BCUT2D eigenvalue weighted by Crippen LogP contribution is -1.97. The van der Waals surface area contributed by atoms with Crippen LogP contribution in [0.15, 0.2) is 70.8 Å². The molecular formula is C23H18N4OS. The lowest BCUT2D eigenvalue weighted by Gasteiger charge is -2.08. The lowest BCUT2D eigenvalue weighted by atomic mass is 10.0. The molecule has 1 N–H and O–H groups in total.